The molecule has 1 aliphatic heterocycles. The number of carbonyl (C=O) groups is 3. The van der Waals surface area contributed by atoms with E-state index in [1.165, 1.54) is 0 Å². The highest BCUT2D eigenvalue weighted by molar-refractivity contribution is 5.78. The summed E-state index contributed by atoms with van der Waals surface area (Å²) in [6.45, 7) is 6.16. The summed E-state index contributed by atoms with van der Waals surface area (Å²) in [5, 5.41) is 11.6. The maximum absolute atomic E-state index is 12.1. The number of carboxylic acid groups (broad SMARTS) is 1. The largest absolute Gasteiger partial charge is 0.481 e. The van der Waals surface area contributed by atoms with Crippen molar-refractivity contribution < 1.29 is 24.2 Å². The van der Waals surface area contributed by atoms with Crippen LogP contribution in [0.1, 0.15) is 33.6 Å². The molecule has 1 saturated heterocycles. The summed E-state index contributed by atoms with van der Waals surface area (Å²) in [6, 6.07) is -0.803. The van der Waals surface area contributed by atoms with E-state index in [2.05, 4.69) is 5.32 Å². The maximum atomic E-state index is 12.1. The highest BCUT2D eigenvalue weighted by Gasteiger charge is 2.30. The van der Waals surface area contributed by atoms with Crippen molar-refractivity contribution in [1.29, 1.82) is 0 Å². The van der Waals surface area contributed by atoms with Gasteiger partial charge in [0.25, 0.3) is 0 Å². The Morgan fingerprint density at radius 2 is 2.05 bits per heavy atom. The molecule has 1 rings (SSSR count). The average molecular weight is 300 g/mol. The summed E-state index contributed by atoms with van der Waals surface area (Å²) in [4.78, 5) is 36.3. The minimum absolute atomic E-state index is 0.276. The zero-order valence-corrected chi connectivity index (χ0v) is 12.8. The molecule has 0 aromatic heterocycles. The molecule has 3 atom stereocenters. The maximum Gasteiger partial charge on any atom is 0.317 e. The summed E-state index contributed by atoms with van der Waals surface area (Å²) in [7, 11) is 0. The first kappa shape index (κ1) is 17.3. The van der Waals surface area contributed by atoms with Gasteiger partial charge in [0.15, 0.2) is 0 Å². The predicted molar refractivity (Wildman–Crippen MR) is 75.7 cm³/mol. The van der Waals surface area contributed by atoms with Crippen LogP contribution in [0.2, 0.25) is 0 Å². The molecule has 0 saturated carbocycles. The number of esters is 1. The number of aliphatic carboxylic acids is 1. The Kier molecular flexibility index (Phi) is 6.45. The van der Waals surface area contributed by atoms with Gasteiger partial charge in [-0.25, -0.2) is 4.79 Å². The van der Waals surface area contributed by atoms with Gasteiger partial charge in [0.2, 0.25) is 0 Å². The second kappa shape index (κ2) is 7.85. The fraction of sp³-hybridized carbons (Fsp3) is 0.786. The van der Waals surface area contributed by atoms with Crippen molar-refractivity contribution in [3.05, 3.63) is 0 Å². The predicted octanol–water partition coefficient (Wildman–Crippen LogP) is 1.08. The lowest BCUT2D eigenvalue weighted by atomic mass is 9.98. The summed E-state index contributed by atoms with van der Waals surface area (Å²) in [5.41, 5.74) is 0. The molecule has 0 spiro atoms. The van der Waals surface area contributed by atoms with Gasteiger partial charge in [-0.1, -0.05) is 0 Å². The first-order valence-corrected chi connectivity index (χ1v) is 7.31. The van der Waals surface area contributed by atoms with Crippen molar-refractivity contribution in [2.45, 2.75) is 39.7 Å². The van der Waals surface area contributed by atoms with Crippen LogP contribution in [0, 0.1) is 11.8 Å². The molecule has 120 valence electrons. The monoisotopic (exact) mass is 300 g/mol. The second-order valence-corrected chi connectivity index (χ2v) is 5.40. The van der Waals surface area contributed by atoms with Crippen molar-refractivity contribution in [3.63, 3.8) is 0 Å². The fourth-order valence-corrected chi connectivity index (χ4v) is 2.24. The Hall–Kier alpha value is -1.79. The van der Waals surface area contributed by atoms with E-state index in [9.17, 15) is 14.4 Å². The van der Waals surface area contributed by atoms with Crippen LogP contribution in [0.15, 0.2) is 0 Å². The molecule has 0 aromatic carbocycles. The third kappa shape index (κ3) is 4.91. The van der Waals surface area contributed by atoms with E-state index in [1.54, 1.807) is 25.7 Å². The number of likely N-dealkylation sites (tertiary alicyclic amines) is 1. The molecule has 0 aromatic rings. The van der Waals surface area contributed by atoms with Crippen LogP contribution in [0.25, 0.3) is 0 Å². The van der Waals surface area contributed by atoms with E-state index in [0.717, 1.165) is 6.42 Å². The lowest BCUT2D eigenvalue weighted by Gasteiger charge is -2.32. The van der Waals surface area contributed by atoms with Gasteiger partial charge in [0, 0.05) is 19.1 Å². The molecule has 0 radical (unpaired) electrons. The van der Waals surface area contributed by atoms with Gasteiger partial charge in [-0.3, -0.25) is 9.59 Å². The second-order valence-electron chi connectivity index (χ2n) is 5.40. The van der Waals surface area contributed by atoms with E-state index in [1.807, 2.05) is 0 Å². The van der Waals surface area contributed by atoms with Crippen molar-refractivity contribution >= 4 is 18.0 Å². The average Bonchev–Trinajstić information content (AvgIpc) is 2.46. The summed E-state index contributed by atoms with van der Waals surface area (Å²) < 4.78 is 4.99. The molecule has 2 amide bonds. The van der Waals surface area contributed by atoms with Crippen LogP contribution in [0.3, 0.4) is 0 Å². The molecular formula is C14H24N2O5. The number of ether oxygens (including phenoxy) is 1. The molecule has 2 N–H and O–H groups in total. The molecule has 7 heteroatoms. The molecule has 21 heavy (non-hydrogen) atoms. The molecular weight excluding hydrogens is 276 g/mol. The van der Waals surface area contributed by atoms with Crippen LogP contribution in [-0.2, 0) is 14.3 Å². The van der Waals surface area contributed by atoms with Crippen molar-refractivity contribution in [1.82, 2.24) is 10.2 Å². The Morgan fingerprint density at radius 3 is 2.62 bits per heavy atom. The molecule has 0 bridgehead atoms. The number of carboxylic acids is 1. The Morgan fingerprint density at radius 1 is 1.38 bits per heavy atom. The van der Waals surface area contributed by atoms with Gasteiger partial charge in [-0.15, -0.1) is 0 Å². The summed E-state index contributed by atoms with van der Waals surface area (Å²) in [5.74, 6) is -2.19. The van der Waals surface area contributed by atoms with Crippen molar-refractivity contribution in [3.8, 4) is 0 Å². The number of piperidine rings is 1. The number of nitrogens with one attached hydrogen (secondary N) is 1. The van der Waals surface area contributed by atoms with Gasteiger partial charge >= 0.3 is 18.0 Å². The zero-order valence-electron chi connectivity index (χ0n) is 12.8. The summed E-state index contributed by atoms with van der Waals surface area (Å²) >= 11 is 0. The Labute approximate surface area is 124 Å². The van der Waals surface area contributed by atoms with E-state index in [0.29, 0.717) is 26.1 Å². The first-order chi connectivity index (χ1) is 9.86. The number of rotatable bonds is 5. The highest BCUT2D eigenvalue weighted by Crippen LogP contribution is 2.18. The Balaban J connectivity index is 2.54. The number of nitrogens with zero attached hydrogens (tertiary/aromatic N) is 1. The molecule has 1 aliphatic rings. The SMILES string of the molecule is CCOC(=O)C1CCCN(C(=O)NC(C)C(C)C(=O)O)C1. The van der Waals surface area contributed by atoms with Crippen LogP contribution in [0.5, 0.6) is 0 Å². The van der Waals surface area contributed by atoms with E-state index in [-0.39, 0.29) is 17.9 Å². The minimum atomic E-state index is -0.953. The topological polar surface area (TPSA) is 95.9 Å². The number of urea groups is 1. The first-order valence-electron chi connectivity index (χ1n) is 7.31. The molecule has 7 nitrogen and oxygen atoms in total. The van der Waals surface area contributed by atoms with Gasteiger partial charge in [-0.05, 0) is 33.6 Å². The van der Waals surface area contributed by atoms with Gasteiger partial charge in [0.1, 0.15) is 0 Å². The minimum Gasteiger partial charge on any atom is -0.481 e. The summed E-state index contributed by atoms with van der Waals surface area (Å²) in [6.07, 6.45) is 1.45. The fourth-order valence-electron chi connectivity index (χ4n) is 2.24. The molecule has 1 heterocycles. The van der Waals surface area contributed by atoms with Crippen molar-refractivity contribution in [2.24, 2.45) is 11.8 Å². The van der Waals surface area contributed by atoms with Crippen LogP contribution in [0.4, 0.5) is 4.79 Å². The van der Waals surface area contributed by atoms with Crippen LogP contribution < -0.4 is 5.32 Å². The lowest BCUT2D eigenvalue weighted by molar-refractivity contribution is -0.149. The van der Waals surface area contributed by atoms with Crippen molar-refractivity contribution in [2.75, 3.05) is 19.7 Å². The Bertz CT molecular complexity index is 399. The van der Waals surface area contributed by atoms with Crippen LogP contribution in [-0.4, -0.2) is 53.7 Å². The van der Waals surface area contributed by atoms with Gasteiger partial charge < -0.3 is 20.1 Å². The highest BCUT2D eigenvalue weighted by atomic mass is 16.5. The standard InChI is InChI=1S/C14H24N2O5/c1-4-21-13(19)11-6-5-7-16(8-11)14(20)15-10(3)9(2)12(17)18/h9-11H,4-8H2,1-3H3,(H,15,20)(H,17,18). The molecule has 0 aliphatic carbocycles. The normalized spacial score (nSPS) is 21.3. The molecule has 3 unspecified atom stereocenters. The lowest BCUT2D eigenvalue weighted by Crippen LogP contribution is -2.51. The quantitative estimate of drug-likeness (QED) is 0.741. The number of hydrogen-bond acceptors (Lipinski definition) is 4. The van der Waals surface area contributed by atoms with Gasteiger partial charge in [0.05, 0.1) is 18.4 Å². The number of hydrogen-bond donors (Lipinski definition) is 2. The smallest absolute Gasteiger partial charge is 0.317 e. The van der Waals surface area contributed by atoms with E-state index in [4.69, 9.17) is 9.84 Å². The number of carbonyl (C=O) groups excluding carboxylic acids is 2. The van der Waals surface area contributed by atoms with Crippen LogP contribution >= 0.6 is 0 Å². The molecule has 1 fully saturated rings. The van der Waals surface area contributed by atoms with Gasteiger partial charge in [-0.2, -0.15) is 0 Å². The van der Waals surface area contributed by atoms with E-state index < -0.39 is 17.9 Å². The van der Waals surface area contributed by atoms with E-state index >= 15 is 0 Å². The third-order valence-corrected chi connectivity index (χ3v) is 3.82. The third-order valence-electron chi connectivity index (χ3n) is 3.82. The zero-order chi connectivity index (χ0) is 16.0. The number of amides is 2.